The van der Waals surface area contributed by atoms with Gasteiger partial charge in [0.15, 0.2) is 0 Å². The van der Waals surface area contributed by atoms with Gasteiger partial charge in [-0.1, -0.05) is 0 Å². The molecule has 0 aromatic carbocycles. The first-order valence-electron chi connectivity index (χ1n) is 2.49. The van der Waals surface area contributed by atoms with E-state index in [-0.39, 0.29) is 29.3 Å². The molecule has 2 nitrogen and oxygen atoms in total. The number of aliphatic hydroxyl groups is 2. The van der Waals surface area contributed by atoms with Gasteiger partial charge in [-0.2, -0.15) is 0 Å². The summed E-state index contributed by atoms with van der Waals surface area (Å²) in [6.45, 7) is 3.32. The second kappa shape index (κ2) is 5.57. The molecule has 0 radical (unpaired) electrons. The van der Waals surface area contributed by atoms with Crippen molar-refractivity contribution in [3.63, 3.8) is 0 Å². The van der Waals surface area contributed by atoms with Crippen LogP contribution < -0.4 is 0 Å². The standard InChI is InChI=1S/C5H12O2.Fe/c1-4(6)3-5(2)7;/h4-7H,3H2,1-2H3;. The van der Waals surface area contributed by atoms with Crippen LogP contribution in [-0.2, 0) is 17.1 Å². The molecule has 2 atom stereocenters. The van der Waals surface area contributed by atoms with Crippen LogP contribution in [0.15, 0.2) is 0 Å². The van der Waals surface area contributed by atoms with Crippen LogP contribution in [0.4, 0.5) is 0 Å². The van der Waals surface area contributed by atoms with Crippen molar-refractivity contribution in [2.75, 3.05) is 0 Å². The van der Waals surface area contributed by atoms with Crippen LogP contribution in [0.1, 0.15) is 20.3 Å². The molecule has 0 aliphatic carbocycles. The van der Waals surface area contributed by atoms with Crippen LogP contribution >= 0.6 is 0 Å². The minimum absolute atomic E-state index is 0. The summed E-state index contributed by atoms with van der Waals surface area (Å²) in [5, 5.41) is 17.1. The molecule has 0 spiro atoms. The van der Waals surface area contributed by atoms with Gasteiger partial charge in [0.25, 0.3) is 0 Å². The van der Waals surface area contributed by atoms with E-state index in [9.17, 15) is 0 Å². The number of hydrogen-bond donors (Lipinski definition) is 2. The van der Waals surface area contributed by atoms with Gasteiger partial charge in [-0.15, -0.1) is 0 Å². The van der Waals surface area contributed by atoms with Gasteiger partial charge in [0.1, 0.15) is 0 Å². The molecule has 0 heterocycles. The van der Waals surface area contributed by atoms with Crippen molar-refractivity contribution < 1.29 is 27.3 Å². The van der Waals surface area contributed by atoms with E-state index in [0.717, 1.165) is 0 Å². The summed E-state index contributed by atoms with van der Waals surface area (Å²) in [5.41, 5.74) is 0. The van der Waals surface area contributed by atoms with Crippen molar-refractivity contribution in [1.29, 1.82) is 0 Å². The minimum atomic E-state index is -0.375. The topological polar surface area (TPSA) is 40.5 Å². The molecule has 0 rings (SSSR count). The van der Waals surface area contributed by atoms with Gasteiger partial charge in [0, 0.05) is 17.1 Å². The molecule has 0 aliphatic rings. The van der Waals surface area contributed by atoms with Crippen LogP contribution in [0.2, 0.25) is 0 Å². The average Bonchev–Trinajstić information content (AvgIpc) is 1.27. The second-order valence-electron chi connectivity index (χ2n) is 1.93. The first kappa shape index (κ1) is 11.3. The summed E-state index contributed by atoms with van der Waals surface area (Å²) in [4.78, 5) is 0. The molecule has 0 aromatic heterocycles. The van der Waals surface area contributed by atoms with E-state index in [1.807, 2.05) is 0 Å². The molecule has 2 unspecified atom stereocenters. The SMILES string of the molecule is CC(O)CC(C)O.[Fe]. The zero-order valence-corrected chi connectivity index (χ0v) is 6.21. The second-order valence-corrected chi connectivity index (χ2v) is 1.93. The quantitative estimate of drug-likeness (QED) is 0.564. The molecule has 52 valence electrons. The Bertz CT molecular complexity index is 39.7. The third kappa shape index (κ3) is 9.67. The van der Waals surface area contributed by atoms with E-state index in [2.05, 4.69) is 0 Å². The minimum Gasteiger partial charge on any atom is -0.393 e. The Morgan fingerprint density at radius 3 is 1.38 bits per heavy atom. The van der Waals surface area contributed by atoms with Crippen LogP contribution in [0.25, 0.3) is 0 Å². The van der Waals surface area contributed by atoms with E-state index in [1.165, 1.54) is 0 Å². The fourth-order valence-electron chi connectivity index (χ4n) is 0.494. The number of rotatable bonds is 2. The Kier molecular flexibility index (Phi) is 7.85. The van der Waals surface area contributed by atoms with Crippen molar-refractivity contribution in [3.8, 4) is 0 Å². The molecule has 0 saturated carbocycles. The van der Waals surface area contributed by atoms with Gasteiger partial charge in [-0.3, -0.25) is 0 Å². The third-order valence-corrected chi connectivity index (χ3v) is 0.682. The summed E-state index contributed by atoms with van der Waals surface area (Å²) in [7, 11) is 0. The van der Waals surface area contributed by atoms with Crippen LogP contribution in [0.3, 0.4) is 0 Å². The first-order chi connectivity index (χ1) is 3.13. The number of hydrogen-bond acceptors (Lipinski definition) is 2. The van der Waals surface area contributed by atoms with Gasteiger partial charge in [-0.25, -0.2) is 0 Å². The van der Waals surface area contributed by atoms with Crippen molar-refractivity contribution in [2.45, 2.75) is 32.5 Å². The Morgan fingerprint density at radius 1 is 1.12 bits per heavy atom. The third-order valence-electron chi connectivity index (χ3n) is 0.682. The molecule has 8 heavy (non-hydrogen) atoms. The Hall–Kier alpha value is 0.439. The molecule has 3 heteroatoms. The van der Waals surface area contributed by atoms with E-state index < -0.39 is 0 Å². The first-order valence-corrected chi connectivity index (χ1v) is 2.49. The summed E-state index contributed by atoms with van der Waals surface area (Å²) >= 11 is 0. The summed E-state index contributed by atoms with van der Waals surface area (Å²) in [6.07, 6.45) is -0.278. The van der Waals surface area contributed by atoms with Crippen molar-refractivity contribution in [2.24, 2.45) is 0 Å². The predicted molar refractivity (Wildman–Crippen MR) is 28.0 cm³/mol. The molecule has 0 fully saturated rings. The Morgan fingerprint density at radius 2 is 1.38 bits per heavy atom. The fraction of sp³-hybridized carbons (Fsp3) is 1.00. The van der Waals surface area contributed by atoms with E-state index in [4.69, 9.17) is 10.2 Å². The van der Waals surface area contributed by atoms with Crippen LogP contribution in [0, 0.1) is 0 Å². The average molecular weight is 160 g/mol. The van der Waals surface area contributed by atoms with Crippen LogP contribution in [-0.4, -0.2) is 22.4 Å². The summed E-state index contributed by atoms with van der Waals surface area (Å²) in [6, 6.07) is 0. The van der Waals surface area contributed by atoms with E-state index in [0.29, 0.717) is 6.42 Å². The van der Waals surface area contributed by atoms with Crippen molar-refractivity contribution in [3.05, 3.63) is 0 Å². The van der Waals surface area contributed by atoms with E-state index in [1.54, 1.807) is 13.8 Å². The summed E-state index contributed by atoms with van der Waals surface area (Å²) in [5.74, 6) is 0. The molecule has 0 saturated heterocycles. The summed E-state index contributed by atoms with van der Waals surface area (Å²) < 4.78 is 0. The van der Waals surface area contributed by atoms with E-state index >= 15 is 0 Å². The van der Waals surface area contributed by atoms with Gasteiger partial charge in [0.2, 0.25) is 0 Å². The number of aliphatic hydroxyl groups excluding tert-OH is 2. The fourth-order valence-corrected chi connectivity index (χ4v) is 0.494. The molecule has 0 aliphatic heterocycles. The maximum atomic E-state index is 8.56. The Labute approximate surface area is 60.4 Å². The molecule has 0 bridgehead atoms. The normalized spacial score (nSPS) is 16.5. The maximum Gasteiger partial charge on any atom is 0.0536 e. The molecular weight excluding hydrogens is 148 g/mol. The van der Waals surface area contributed by atoms with Crippen molar-refractivity contribution >= 4 is 0 Å². The van der Waals surface area contributed by atoms with Gasteiger partial charge >= 0.3 is 0 Å². The van der Waals surface area contributed by atoms with Gasteiger partial charge in [-0.05, 0) is 20.3 Å². The van der Waals surface area contributed by atoms with Gasteiger partial charge < -0.3 is 10.2 Å². The largest absolute Gasteiger partial charge is 0.393 e. The zero-order chi connectivity index (χ0) is 5.86. The molecule has 0 aromatic rings. The maximum absolute atomic E-state index is 8.56. The molecule has 2 N–H and O–H groups in total. The van der Waals surface area contributed by atoms with Crippen LogP contribution in [0.5, 0.6) is 0 Å². The van der Waals surface area contributed by atoms with Gasteiger partial charge in [0.05, 0.1) is 12.2 Å². The Balaban J connectivity index is 0. The van der Waals surface area contributed by atoms with Crippen molar-refractivity contribution in [1.82, 2.24) is 0 Å². The molecular formula is C5H12FeO2. The molecule has 0 amide bonds. The monoisotopic (exact) mass is 160 g/mol. The smallest absolute Gasteiger partial charge is 0.0536 e. The zero-order valence-electron chi connectivity index (χ0n) is 5.11. The predicted octanol–water partition coefficient (Wildman–Crippen LogP) is 0.136.